The van der Waals surface area contributed by atoms with Crippen molar-refractivity contribution < 1.29 is 13.9 Å². The minimum Gasteiger partial charge on any atom is -0.388 e. The summed E-state index contributed by atoms with van der Waals surface area (Å²) in [6.07, 6.45) is 4.20. The maximum Gasteiger partial charge on any atom is 0.420 e. The Bertz CT molecular complexity index is 954. The monoisotopic (exact) mass is 391 g/mol. The Hall–Kier alpha value is -2.59. The fourth-order valence-electron chi connectivity index (χ4n) is 2.28. The highest BCUT2D eigenvalue weighted by atomic mass is 32.1. The second kappa shape index (κ2) is 6.96. The zero-order chi connectivity index (χ0) is 18.1. The number of anilines is 3. The molecular weight excluding hydrogens is 377 g/mol. The van der Waals surface area contributed by atoms with Gasteiger partial charge in [-0.2, -0.15) is 0 Å². The molecule has 1 fully saturated rings. The van der Waals surface area contributed by atoms with Crippen molar-refractivity contribution in [3.63, 3.8) is 0 Å². The van der Waals surface area contributed by atoms with Crippen molar-refractivity contribution in [2.24, 2.45) is 0 Å². The van der Waals surface area contributed by atoms with Gasteiger partial charge in [-0.3, -0.25) is 10.3 Å². The number of ether oxygens (including phenoxy) is 1. The minimum atomic E-state index is -0.674. The fraction of sp³-hybridized carbons (Fsp3) is 0.250. The molecule has 1 aliphatic carbocycles. The molecule has 0 atom stereocenters. The summed E-state index contributed by atoms with van der Waals surface area (Å²) in [4.78, 5) is 24.5. The third-order valence-corrected chi connectivity index (χ3v) is 5.23. The second-order valence-electron chi connectivity index (χ2n) is 5.75. The Morgan fingerprint density at radius 3 is 2.96 bits per heavy atom. The molecule has 1 aliphatic rings. The maximum atomic E-state index is 13.3. The Morgan fingerprint density at radius 2 is 2.19 bits per heavy atom. The van der Waals surface area contributed by atoms with Gasteiger partial charge in [-0.05, 0) is 19.8 Å². The zero-order valence-corrected chi connectivity index (χ0v) is 15.3. The van der Waals surface area contributed by atoms with Gasteiger partial charge in [0.1, 0.15) is 5.82 Å². The van der Waals surface area contributed by atoms with E-state index >= 15 is 0 Å². The van der Waals surface area contributed by atoms with Crippen LogP contribution in [0.5, 0.6) is 5.88 Å². The molecule has 7 nitrogen and oxygen atoms in total. The number of hydrogen-bond acceptors (Lipinski definition) is 8. The lowest BCUT2D eigenvalue weighted by molar-refractivity contribution is 0.214. The van der Waals surface area contributed by atoms with Gasteiger partial charge >= 0.3 is 6.09 Å². The molecule has 0 aromatic carbocycles. The summed E-state index contributed by atoms with van der Waals surface area (Å²) in [6, 6.07) is 1.29. The molecule has 1 saturated carbocycles. The molecule has 4 rings (SSSR count). The molecule has 0 spiro atoms. The summed E-state index contributed by atoms with van der Waals surface area (Å²) >= 11 is 2.65. The Balaban J connectivity index is 1.44. The first kappa shape index (κ1) is 16.9. The van der Waals surface area contributed by atoms with Gasteiger partial charge in [0.05, 0.1) is 28.8 Å². The van der Waals surface area contributed by atoms with E-state index in [1.54, 1.807) is 6.92 Å². The standard InChI is InChI=1S/C16H14FN5O2S2/c1-8-19-13(14(26-8)20-11-4-10(17)5-18-6-11)24-16(23)22-15-21-12(7-25-15)9-2-3-9/h4-7,9,20H,2-3H2,1H3,(H,21,22,23). The largest absolute Gasteiger partial charge is 0.420 e. The number of carbonyl (C=O) groups excluding carboxylic acids is 1. The fourth-order valence-corrected chi connectivity index (χ4v) is 3.82. The van der Waals surface area contributed by atoms with Gasteiger partial charge in [0.15, 0.2) is 10.1 Å². The van der Waals surface area contributed by atoms with Crippen LogP contribution in [0.15, 0.2) is 23.8 Å². The predicted molar refractivity (Wildman–Crippen MR) is 98.1 cm³/mol. The van der Waals surface area contributed by atoms with E-state index in [0.717, 1.165) is 24.7 Å². The highest BCUT2D eigenvalue weighted by Crippen LogP contribution is 2.41. The highest BCUT2D eigenvalue weighted by molar-refractivity contribution is 7.16. The lowest BCUT2D eigenvalue weighted by Gasteiger charge is -2.06. The molecule has 0 unspecified atom stereocenters. The number of halogens is 1. The molecule has 2 N–H and O–H groups in total. The zero-order valence-electron chi connectivity index (χ0n) is 13.7. The SMILES string of the molecule is Cc1nc(OC(=O)Nc2nc(C3CC3)cs2)c(Nc2cncc(F)c2)s1. The van der Waals surface area contributed by atoms with Crippen LogP contribution in [0, 0.1) is 12.7 Å². The number of aromatic nitrogens is 3. The molecule has 3 aromatic heterocycles. The summed E-state index contributed by atoms with van der Waals surface area (Å²) in [7, 11) is 0. The predicted octanol–water partition coefficient (Wildman–Crippen LogP) is 4.67. The van der Waals surface area contributed by atoms with Gasteiger partial charge < -0.3 is 10.1 Å². The molecule has 3 heterocycles. The normalized spacial score (nSPS) is 13.5. The molecule has 3 aromatic rings. The average Bonchev–Trinajstić information content (AvgIpc) is 3.24. The number of aryl methyl sites for hydroxylation is 1. The molecule has 0 bridgehead atoms. The molecule has 134 valence electrons. The van der Waals surface area contributed by atoms with E-state index in [9.17, 15) is 9.18 Å². The van der Waals surface area contributed by atoms with Gasteiger partial charge in [-0.1, -0.05) is 11.3 Å². The van der Waals surface area contributed by atoms with Gasteiger partial charge in [0.2, 0.25) is 0 Å². The van der Waals surface area contributed by atoms with Crippen molar-refractivity contribution >= 4 is 44.6 Å². The van der Waals surface area contributed by atoms with Crippen LogP contribution >= 0.6 is 22.7 Å². The van der Waals surface area contributed by atoms with Crippen LogP contribution in [0.25, 0.3) is 0 Å². The lowest BCUT2D eigenvalue weighted by atomic mass is 10.3. The van der Waals surface area contributed by atoms with Crippen LogP contribution in [0.4, 0.5) is 25.0 Å². The molecule has 26 heavy (non-hydrogen) atoms. The third kappa shape index (κ3) is 3.97. The van der Waals surface area contributed by atoms with Crippen molar-refractivity contribution in [3.8, 4) is 5.88 Å². The molecule has 10 heteroatoms. The smallest absolute Gasteiger partial charge is 0.388 e. The van der Waals surface area contributed by atoms with Crippen LogP contribution in [0.2, 0.25) is 0 Å². The van der Waals surface area contributed by atoms with Crippen LogP contribution in [-0.4, -0.2) is 21.0 Å². The molecule has 0 saturated heterocycles. The summed E-state index contributed by atoms with van der Waals surface area (Å²) < 4.78 is 18.6. The first-order chi connectivity index (χ1) is 12.6. The number of thiazole rings is 2. The summed E-state index contributed by atoms with van der Waals surface area (Å²) in [6.45, 7) is 1.78. The van der Waals surface area contributed by atoms with Crippen molar-refractivity contribution in [3.05, 3.63) is 40.4 Å². The number of hydrogen-bond donors (Lipinski definition) is 2. The molecular formula is C16H14FN5O2S2. The third-order valence-electron chi connectivity index (χ3n) is 3.58. The molecule has 0 aliphatic heterocycles. The van der Waals surface area contributed by atoms with Gasteiger partial charge in [0.25, 0.3) is 5.88 Å². The number of nitrogens with one attached hydrogen (secondary N) is 2. The van der Waals surface area contributed by atoms with Crippen LogP contribution < -0.4 is 15.4 Å². The van der Waals surface area contributed by atoms with Gasteiger partial charge in [-0.25, -0.2) is 19.2 Å². The van der Waals surface area contributed by atoms with E-state index < -0.39 is 11.9 Å². The first-order valence-electron chi connectivity index (χ1n) is 7.86. The van der Waals surface area contributed by atoms with Crippen LogP contribution in [0.1, 0.15) is 29.5 Å². The van der Waals surface area contributed by atoms with Crippen LogP contribution in [-0.2, 0) is 0 Å². The van der Waals surface area contributed by atoms with E-state index in [1.165, 1.54) is 34.9 Å². The minimum absolute atomic E-state index is 0.119. The topological polar surface area (TPSA) is 89.0 Å². The van der Waals surface area contributed by atoms with E-state index in [-0.39, 0.29) is 5.88 Å². The van der Waals surface area contributed by atoms with E-state index in [0.29, 0.717) is 26.7 Å². The lowest BCUT2D eigenvalue weighted by Crippen LogP contribution is -2.17. The van der Waals surface area contributed by atoms with E-state index in [1.807, 2.05) is 5.38 Å². The van der Waals surface area contributed by atoms with E-state index in [2.05, 4.69) is 25.6 Å². The number of carbonyl (C=O) groups is 1. The Labute approximate surface area is 156 Å². The van der Waals surface area contributed by atoms with Gasteiger partial charge in [-0.15, -0.1) is 11.3 Å². The maximum absolute atomic E-state index is 13.3. The van der Waals surface area contributed by atoms with Crippen molar-refractivity contribution in [1.29, 1.82) is 0 Å². The van der Waals surface area contributed by atoms with Crippen molar-refractivity contribution in [2.75, 3.05) is 10.6 Å². The van der Waals surface area contributed by atoms with E-state index in [4.69, 9.17) is 4.74 Å². The van der Waals surface area contributed by atoms with Gasteiger partial charge in [0, 0.05) is 17.4 Å². The number of pyridine rings is 1. The Morgan fingerprint density at radius 1 is 1.35 bits per heavy atom. The Kier molecular flexibility index (Phi) is 4.51. The second-order valence-corrected chi connectivity index (χ2v) is 7.81. The number of amides is 1. The summed E-state index contributed by atoms with van der Waals surface area (Å²) in [5.74, 6) is 0.176. The molecule has 0 radical (unpaired) electrons. The summed E-state index contributed by atoms with van der Waals surface area (Å²) in [5.41, 5.74) is 1.45. The van der Waals surface area contributed by atoms with Crippen LogP contribution in [0.3, 0.4) is 0 Å². The highest BCUT2D eigenvalue weighted by Gasteiger charge is 2.26. The number of rotatable bonds is 5. The van der Waals surface area contributed by atoms with Crippen molar-refractivity contribution in [2.45, 2.75) is 25.7 Å². The van der Waals surface area contributed by atoms with Crippen molar-refractivity contribution in [1.82, 2.24) is 15.0 Å². The first-order valence-corrected chi connectivity index (χ1v) is 9.55. The quantitative estimate of drug-likeness (QED) is 0.657. The summed E-state index contributed by atoms with van der Waals surface area (Å²) in [5, 5.41) is 9.21. The average molecular weight is 391 g/mol. The number of nitrogens with zero attached hydrogens (tertiary/aromatic N) is 3. The molecule has 1 amide bonds.